The Kier molecular flexibility index (Phi) is 6.99. The highest BCUT2D eigenvalue weighted by atomic mass is 32.1. The lowest BCUT2D eigenvalue weighted by molar-refractivity contribution is 0.186. The molecule has 100 valence electrons. The minimum absolute atomic E-state index is 0.103. The van der Waals surface area contributed by atoms with Crippen molar-refractivity contribution in [2.75, 3.05) is 19.8 Å². The fraction of sp³-hybridized carbons (Fsp3) is 0.571. The van der Waals surface area contributed by atoms with Crippen LogP contribution in [0.2, 0.25) is 0 Å². The lowest BCUT2D eigenvalue weighted by Gasteiger charge is -2.25. The van der Waals surface area contributed by atoms with Crippen molar-refractivity contribution in [3.8, 4) is 11.8 Å². The zero-order chi connectivity index (χ0) is 13.4. The standard InChI is InChI=1S/C14H21NO2S/c1-12(2)15(7-4-9-17)11-14-13(5-3-8-16)6-10-18-14/h6,10,12,16-17H,4,7-9,11H2,1-2H3. The molecule has 0 unspecified atom stereocenters. The van der Waals surface area contributed by atoms with Crippen LogP contribution >= 0.6 is 11.3 Å². The van der Waals surface area contributed by atoms with E-state index in [0.717, 1.165) is 25.1 Å². The van der Waals surface area contributed by atoms with Crippen LogP contribution in [-0.4, -0.2) is 40.9 Å². The normalized spacial score (nSPS) is 10.8. The average molecular weight is 267 g/mol. The Hall–Kier alpha value is -0.860. The first-order chi connectivity index (χ1) is 8.69. The summed E-state index contributed by atoms with van der Waals surface area (Å²) in [6.45, 7) is 6.18. The van der Waals surface area contributed by atoms with Gasteiger partial charge in [0.25, 0.3) is 0 Å². The molecule has 3 nitrogen and oxygen atoms in total. The van der Waals surface area contributed by atoms with E-state index in [0.29, 0.717) is 6.04 Å². The summed E-state index contributed by atoms with van der Waals surface area (Å²) < 4.78 is 0. The second-order valence-corrected chi connectivity index (χ2v) is 5.36. The van der Waals surface area contributed by atoms with Crippen molar-refractivity contribution in [3.63, 3.8) is 0 Å². The fourth-order valence-electron chi connectivity index (χ4n) is 1.69. The second kappa shape index (κ2) is 8.28. The monoisotopic (exact) mass is 267 g/mol. The molecule has 0 fully saturated rings. The van der Waals surface area contributed by atoms with Crippen molar-refractivity contribution in [2.45, 2.75) is 32.9 Å². The van der Waals surface area contributed by atoms with Gasteiger partial charge in [-0.3, -0.25) is 4.90 Å². The molecule has 0 aliphatic heterocycles. The van der Waals surface area contributed by atoms with Gasteiger partial charge in [0, 0.05) is 36.2 Å². The molecule has 0 spiro atoms. The van der Waals surface area contributed by atoms with Crippen LogP contribution in [0.5, 0.6) is 0 Å². The average Bonchev–Trinajstić information content (AvgIpc) is 2.78. The lowest BCUT2D eigenvalue weighted by atomic mass is 10.2. The Morgan fingerprint density at radius 2 is 2.17 bits per heavy atom. The molecule has 1 aromatic heterocycles. The Morgan fingerprint density at radius 1 is 1.39 bits per heavy atom. The third-order valence-electron chi connectivity index (χ3n) is 2.73. The fourth-order valence-corrected chi connectivity index (χ4v) is 2.54. The van der Waals surface area contributed by atoms with Gasteiger partial charge >= 0.3 is 0 Å². The number of aliphatic hydroxyl groups is 2. The van der Waals surface area contributed by atoms with Crippen LogP contribution < -0.4 is 0 Å². The van der Waals surface area contributed by atoms with Gasteiger partial charge in [-0.05, 0) is 31.7 Å². The quantitative estimate of drug-likeness (QED) is 0.771. The van der Waals surface area contributed by atoms with Crippen LogP contribution in [0, 0.1) is 11.8 Å². The molecule has 0 bridgehead atoms. The minimum atomic E-state index is -0.103. The van der Waals surface area contributed by atoms with Crippen molar-refractivity contribution < 1.29 is 10.2 Å². The highest BCUT2D eigenvalue weighted by Gasteiger charge is 2.12. The summed E-state index contributed by atoms with van der Waals surface area (Å²) in [4.78, 5) is 3.55. The topological polar surface area (TPSA) is 43.7 Å². The molecule has 1 aromatic rings. The van der Waals surface area contributed by atoms with Gasteiger partial charge in [0.1, 0.15) is 6.61 Å². The smallest absolute Gasteiger partial charge is 0.104 e. The van der Waals surface area contributed by atoms with E-state index in [-0.39, 0.29) is 13.2 Å². The maximum absolute atomic E-state index is 8.92. The Bertz CT molecular complexity index is 403. The molecule has 2 N–H and O–H groups in total. The molecule has 0 amide bonds. The van der Waals surface area contributed by atoms with Crippen molar-refractivity contribution in [1.82, 2.24) is 4.90 Å². The van der Waals surface area contributed by atoms with E-state index >= 15 is 0 Å². The van der Waals surface area contributed by atoms with Crippen LogP contribution in [0.1, 0.15) is 30.7 Å². The van der Waals surface area contributed by atoms with Crippen LogP contribution in [0.3, 0.4) is 0 Å². The second-order valence-electron chi connectivity index (χ2n) is 4.36. The molecule has 0 aliphatic rings. The Morgan fingerprint density at radius 3 is 2.78 bits per heavy atom. The maximum atomic E-state index is 8.92. The predicted molar refractivity (Wildman–Crippen MR) is 75.5 cm³/mol. The van der Waals surface area contributed by atoms with Crippen molar-refractivity contribution >= 4 is 11.3 Å². The largest absolute Gasteiger partial charge is 0.396 e. The van der Waals surface area contributed by atoms with Crippen LogP contribution in [-0.2, 0) is 6.54 Å². The van der Waals surface area contributed by atoms with Gasteiger partial charge in [0.05, 0.1) is 0 Å². The summed E-state index contributed by atoms with van der Waals surface area (Å²) in [5, 5.41) is 19.7. The molecule has 1 heterocycles. The van der Waals surface area contributed by atoms with Gasteiger partial charge in [-0.25, -0.2) is 0 Å². The van der Waals surface area contributed by atoms with Gasteiger partial charge in [0.2, 0.25) is 0 Å². The highest BCUT2D eigenvalue weighted by Crippen LogP contribution is 2.19. The van der Waals surface area contributed by atoms with E-state index in [2.05, 4.69) is 30.6 Å². The third kappa shape index (κ3) is 4.79. The molecule has 0 saturated heterocycles. The summed E-state index contributed by atoms with van der Waals surface area (Å²) in [7, 11) is 0. The zero-order valence-corrected chi connectivity index (χ0v) is 11.8. The van der Waals surface area contributed by atoms with Crippen LogP contribution in [0.4, 0.5) is 0 Å². The molecular weight excluding hydrogens is 246 g/mol. The number of hydrogen-bond acceptors (Lipinski definition) is 4. The summed E-state index contributed by atoms with van der Waals surface area (Å²) in [5.74, 6) is 5.67. The highest BCUT2D eigenvalue weighted by molar-refractivity contribution is 7.10. The van der Waals surface area contributed by atoms with Crippen LogP contribution in [0.15, 0.2) is 11.4 Å². The summed E-state index contributed by atoms with van der Waals surface area (Å²) in [5.41, 5.74) is 1.00. The maximum Gasteiger partial charge on any atom is 0.104 e. The van der Waals surface area contributed by atoms with E-state index in [1.54, 1.807) is 11.3 Å². The first-order valence-electron chi connectivity index (χ1n) is 6.20. The molecule has 1 rings (SSSR count). The van der Waals surface area contributed by atoms with E-state index in [9.17, 15) is 0 Å². The summed E-state index contributed by atoms with van der Waals surface area (Å²) in [6, 6.07) is 2.44. The van der Waals surface area contributed by atoms with Gasteiger partial charge < -0.3 is 10.2 Å². The van der Waals surface area contributed by atoms with Gasteiger partial charge in [-0.15, -0.1) is 11.3 Å². The number of rotatable bonds is 6. The summed E-state index contributed by atoms with van der Waals surface area (Å²) in [6.07, 6.45) is 0.793. The molecule has 0 radical (unpaired) electrons. The number of thiophene rings is 1. The van der Waals surface area contributed by atoms with E-state index in [4.69, 9.17) is 10.2 Å². The molecule has 0 atom stereocenters. The molecule has 0 saturated carbocycles. The number of aliphatic hydroxyl groups excluding tert-OH is 2. The molecule has 0 aliphatic carbocycles. The van der Waals surface area contributed by atoms with E-state index < -0.39 is 0 Å². The van der Waals surface area contributed by atoms with Crippen molar-refractivity contribution in [2.24, 2.45) is 0 Å². The van der Waals surface area contributed by atoms with E-state index in [1.165, 1.54) is 4.88 Å². The zero-order valence-electron chi connectivity index (χ0n) is 11.0. The van der Waals surface area contributed by atoms with Crippen LogP contribution in [0.25, 0.3) is 0 Å². The van der Waals surface area contributed by atoms with Gasteiger partial charge in [0.15, 0.2) is 0 Å². The first-order valence-corrected chi connectivity index (χ1v) is 7.08. The SMILES string of the molecule is CC(C)N(CCCO)Cc1sccc1C#CCO. The summed E-state index contributed by atoms with van der Waals surface area (Å²) >= 11 is 1.69. The molecule has 4 heteroatoms. The Balaban J connectivity index is 2.71. The Labute approximate surface area is 113 Å². The lowest BCUT2D eigenvalue weighted by Crippen LogP contribution is -2.31. The third-order valence-corrected chi connectivity index (χ3v) is 3.63. The number of nitrogens with zero attached hydrogens (tertiary/aromatic N) is 1. The van der Waals surface area contributed by atoms with Gasteiger partial charge in [-0.2, -0.15) is 0 Å². The van der Waals surface area contributed by atoms with E-state index in [1.807, 2.05) is 11.4 Å². The number of hydrogen-bond donors (Lipinski definition) is 2. The van der Waals surface area contributed by atoms with Crippen molar-refractivity contribution in [3.05, 3.63) is 21.9 Å². The molecule has 18 heavy (non-hydrogen) atoms. The van der Waals surface area contributed by atoms with Crippen molar-refractivity contribution in [1.29, 1.82) is 0 Å². The first kappa shape index (κ1) is 15.2. The van der Waals surface area contributed by atoms with Gasteiger partial charge in [-0.1, -0.05) is 11.8 Å². The molecular formula is C14H21NO2S. The minimum Gasteiger partial charge on any atom is -0.396 e. The predicted octanol–water partition coefficient (Wildman–Crippen LogP) is 1.68. The molecule has 0 aromatic carbocycles.